The molecule has 0 bridgehead atoms. The Kier molecular flexibility index (Phi) is 3.78. The van der Waals surface area contributed by atoms with Crippen LogP contribution in [0.25, 0.3) is 0 Å². The highest BCUT2D eigenvalue weighted by Crippen LogP contribution is 2.64. The number of alkyl halides is 2. The van der Waals surface area contributed by atoms with Crippen LogP contribution in [-0.4, -0.2) is 18.5 Å². The summed E-state index contributed by atoms with van der Waals surface area (Å²) in [6.45, 7) is 3.82. The van der Waals surface area contributed by atoms with E-state index in [0.29, 0.717) is 13.0 Å². The molecule has 0 amide bonds. The Labute approximate surface area is 135 Å². The largest absolute Gasteiger partial charge is 0.309 e. The van der Waals surface area contributed by atoms with Crippen LogP contribution in [0.2, 0.25) is 0 Å². The van der Waals surface area contributed by atoms with Gasteiger partial charge in [0.05, 0.1) is 5.75 Å². The van der Waals surface area contributed by atoms with Crippen LogP contribution >= 0.6 is 23.2 Å². The van der Waals surface area contributed by atoms with Crippen molar-refractivity contribution in [2.24, 2.45) is 5.41 Å². The van der Waals surface area contributed by atoms with E-state index in [2.05, 4.69) is 10.0 Å². The average molecular weight is 349 g/mol. The van der Waals surface area contributed by atoms with Crippen molar-refractivity contribution in [3.05, 3.63) is 34.9 Å². The van der Waals surface area contributed by atoms with Crippen molar-refractivity contribution in [1.82, 2.24) is 10.0 Å². The van der Waals surface area contributed by atoms with Crippen LogP contribution in [0.3, 0.4) is 0 Å². The monoisotopic (exact) mass is 348 g/mol. The van der Waals surface area contributed by atoms with Crippen LogP contribution in [0.15, 0.2) is 18.2 Å². The second-order valence-corrected chi connectivity index (χ2v) is 9.52. The first-order valence-corrected chi connectivity index (χ1v) is 9.28. The quantitative estimate of drug-likeness (QED) is 0.802. The molecule has 2 N–H and O–H groups in total. The predicted octanol–water partition coefficient (Wildman–Crippen LogP) is 2.29. The molecule has 3 rings (SSSR count). The first-order chi connectivity index (χ1) is 9.71. The Bertz CT molecular complexity index is 676. The minimum absolute atomic E-state index is 0.0422. The van der Waals surface area contributed by atoms with Gasteiger partial charge in [0.25, 0.3) is 0 Å². The molecule has 0 radical (unpaired) electrons. The number of fused-ring (bicyclic) bond motifs is 1. The SMILES string of the molecule is CC1(CS(=O)(=O)NCc2ccc3c(c2)CNC3)CC1(Cl)Cl. The molecule has 1 aliphatic heterocycles. The van der Waals surface area contributed by atoms with E-state index < -0.39 is 19.8 Å². The molecule has 1 unspecified atom stereocenters. The van der Waals surface area contributed by atoms with E-state index in [1.54, 1.807) is 6.92 Å². The molecule has 0 saturated heterocycles. The number of rotatable bonds is 5. The summed E-state index contributed by atoms with van der Waals surface area (Å²) in [4.78, 5) is 0. The second kappa shape index (κ2) is 5.10. The van der Waals surface area contributed by atoms with Crippen LogP contribution in [0.5, 0.6) is 0 Å². The number of hydrogen-bond donors (Lipinski definition) is 2. The van der Waals surface area contributed by atoms with Gasteiger partial charge in [0.2, 0.25) is 10.0 Å². The standard InChI is InChI=1S/C14H18Cl2N2O2S/c1-13(8-14(13,15)16)9-21(19,20)18-5-10-2-3-11-6-17-7-12(11)4-10/h2-4,17-18H,5-9H2,1H3. The van der Waals surface area contributed by atoms with Gasteiger partial charge < -0.3 is 5.32 Å². The van der Waals surface area contributed by atoms with E-state index in [0.717, 1.165) is 18.7 Å². The lowest BCUT2D eigenvalue weighted by Gasteiger charge is -2.13. The molecule has 1 saturated carbocycles. The topological polar surface area (TPSA) is 58.2 Å². The van der Waals surface area contributed by atoms with Crippen LogP contribution in [-0.2, 0) is 29.7 Å². The minimum atomic E-state index is -3.39. The van der Waals surface area contributed by atoms with Gasteiger partial charge in [0.1, 0.15) is 4.33 Å². The number of sulfonamides is 1. The fraction of sp³-hybridized carbons (Fsp3) is 0.571. The van der Waals surface area contributed by atoms with Crippen LogP contribution < -0.4 is 10.0 Å². The third-order valence-electron chi connectivity index (χ3n) is 4.28. The fourth-order valence-electron chi connectivity index (χ4n) is 2.72. The highest BCUT2D eigenvalue weighted by Gasteiger charge is 2.64. The molecule has 1 heterocycles. The summed E-state index contributed by atoms with van der Waals surface area (Å²) in [5.74, 6) is -0.0422. The molecule has 4 nitrogen and oxygen atoms in total. The van der Waals surface area contributed by atoms with Crippen molar-refractivity contribution < 1.29 is 8.42 Å². The Morgan fingerprint density at radius 1 is 1.29 bits per heavy atom. The molecule has 0 aromatic heterocycles. The molecule has 2 aliphatic rings. The summed E-state index contributed by atoms with van der Waals surface area (Å²) in [6, 6.07) is 6.05. The average Bonchev–Trinajstić information content (AvgIpc) is 2.76. The van der Waals surface area contributed by atoms with Gasteiger partial charge in [-0.2, -0.15) is 0 Å². The highest BCUT2D eigenvalue weighted by atomic mass is 35.5. The van der Waals surface area contributed by atoms with Crippen molar-refractivity contribution in [3.8, 4) is 0 Å². The molecule has 1 aromatic rings. The molecule has 1 fully saturated rings. The lowest BCUT2D eigenvalue weighted by Crippen LogP contribution is -2.31. The molecule has 1 atom stereocenters. The Morgan fingerprint density at radius 2 is 1.95 bits per heavy atom. The van der Waals surface area contributed by atoms with Gasteiger partial charge in [0, 0.05) is 25.0 Å². The molecule has 21 heavy (non-hydrogen) atoms. The fourth-order valence-corrected chi connectivity index (χ4v) is 5.28. The van der Waals surface area contributed by atoms with E-state index in [4.69, 9.17) is 23.2 Å². The third kappa shape index (κ3) is 3.22. The summed E-state index contributed by atoms with van der Waals surface area (Å²) in [6.07, 6.45) is 0.508. The zero-order valence-electron chi connectivity index (χ0n) is 11.7. The van der Waals surface area contributed by atoms with E-state index >= 15 is 0 Å². The summed E-state index contributed by atoms with van der Waals surface area (Å²) >= 11 is 12.0. The van der Waals surface area contributed by atoms with Gasteiger partial charge >= 0.3 is 0 Å². The van der Waals surface area contributed by atoms with Crippen molar-refractivity contribution in [2.75, 3.05) is 5.75 Å². The van der Waals surface area contributed by atoms with Gasteiger partial charge in [-0.05, 0) is 23.1 Å². The van der Waals surface area contributed by atoms with E-state index in [-0.39, 0.29) is 5.75 Å². The van der Waals surface area contributed by atoms with Gasteiger partial charge in [-0.25, -0.2) is 13.1 Å². The smallest absolute Gasteiger partial charge is 0.212 e. The first kappa shape index (κ1) is 15.6. The van der Waals surface area contributed by atoms with E-state index in [9.17, 15) is 8.42 Å². The van der Waals surface area contributed by atoms with Crippen LogP contribution in [0, 0.1) is 5.41 Å². The van der Waals surface area contributed by atoms with Crippen molar-refractivity contribution in [1.29, 1.82) is 0 Å². The summed E-state index contributed by atoms with van der Waals surface area (Å²) in [5.41, 5.74) is 2.93. The summed E-state index contributed by atoms with van der Waals surface area (Å²) in [5, 5.41) is 3.27. The molecular weight excluding hydrogens is 331 g/mol. The zero-order chi connectivity index (χ0) is 15.3. The van der Waals surface area contributed by atoms with Gasteiger partial charge in [-0.15, -0.1) is 23.2 Å². The van der Waals surface area contributed by atoms with Crippen molar-refractivity contribution in [2.45, 2.75) is 37.3 Å². The maximum absolute atomic E-state index is 12.1. The van der Waals surface area contributed by atoms with Gasteiger partial charge in [-0.3, -0.25) is 0 Å². The number of halogens is 2. The van der Waals surface area contributed by atoms with Gasteiger partial charge in [-0.1, -0.05) is 25.1 Å². The zero-order valence-corrected chi connectivity index (χ0v) is 14.1. The maximum Gasteiger partial charge on any atom is 0.212 e. The molecule has 116 valence electrons. The Morgan fingerprint density at radius 3 is 2.62 bits per heavy atom. The number of nitrogens with one attached hydrogen (secondary N) is 2. The molecule has 7 heteroatoms. The first-order valence-electron chi connectivity index (χ1n) is 6.87. The Balaban J connectivity index is 1.62. The minimum Gasteiger partial charge on any atom is -0.309 e. The third-order valence-corrected chi connectivity index (χ3v) is 7.06. The van der Waals surface area contributed by atoms with Crippen molar-refractivity contribution in [3.63, 3.8) is 0 Å². The maximum atomic E-state index is 12.1. The number of hydrogen-bond acceptors (Lipinski definition) is 3. The number of benzene rings is 1. The normalized spacial score (nSPS) is 26.6. The van der Waals surface area contributed by atoms with Crippen LogP contribution in [0.1, 0.15) is 30.0 Å². The van der Waals surface area contributed by atoms with Crippen LogP contribution in [0.4, 0.5) is 0 Å². The predicted molar refractivity (Wildman–Crippen MR) is 84.8 cm³/mol. The lowest BCUT2D eigenvalue weighted by molar-refractivity contribution is 0.552. The highest BCUT2D eigenvalue weighted by molar-refractivity contribution is 7.89. The molecular formula is C14H18Cl2N2O2S. The van der Waals surface area contributed by atoms with Crippen molar-refractivity contribution >= 4 is 33.2 Å². The molecule has 0 spiro atoms. The van der Waals surface area contributed by atoms with Gasteiger partial charge in [0.15, 0.2) is 0 Å². The van der Waals surface area contributed by atoms with E-state index in [1.807, 2.05) is 18.2 Å². The second-order valence-electron chi connectivity index (χ2n) is 6.23. The summed E-state index contributed by atoms with van der Waals surface area (Å²) in [7, 11) is -3.39. The molecule has 1 aromatic carbocycles. The molecule has 1 aliphatic carbocycles. The van der Waals surface area contributed by atoms with E-state index in [1.165, 1.54) is 11.1 Å². The summed E-state index contributed by atoms with van der Waals surface area (Å²) < 4.78 is 26.0. The lowest BCUT2D eigenvalue weighted by atomic mass is 10.1. The Hall–Kier alpha value is -0.330.